The maximum atomic E-state index is 11.5. The Balaban J connectivity index is 3.33. The van der Waals surface area contributed by atoms with E-state index in [1.807, 2.05) is 0 Å². The summed E-state index contributed by atoms with van der Waals surface area (Å²) in [5.41, 5.74) is 0.115. The van der Waals surface area contributed by atoms with Crippen molar-refractivity contribution in [2.45, 2.75) is 11.8 Å². The summed E-state index contributed by atoms with van der Waals surface area (Å²) in [6, 6.07) is 4.02. The number of rotatable bonds is 4. The van der Waals surface area contributed by atoms with Crippen molar-refractivity contribution in [2.75, 3.05) is 12.9 Å². The molecule has 2 N–H and O–H groups in total. The number of hydrogen-bond acceptors (Lipinski definition) is 5. The Kier molecular flexibility index (Phi) is 3.95. The average Bonchev–Trinajstić information content (AvgIpc) is 2.16. The molecule has 16 heavy (non-hydrogen) atoms. The minimum Gasteiger partial charge on any atom is -0.493 e. The summed E-state index contributed by atoms with van der Waals surface area (Å²) in [4.78, 5) is -0.0417. The molecule has 0 saturated carbocycles. The van der Waals surface area contributed by atoms with Crippen LogP contribution in [0.15, 0.2) is 23.1 Å². The van der Waals surface area contributed by atoms with E-state index in [4.69, 9.17) is 14.8 Å². The molecule has 0 atom stereocenters. The van der Waals surface area contributed by atoms with Gasteiger partial charge in [-0.2, -0.15) is 0 Å². The molecule has 0 saturated heterocycles. The van der Waals surface area contributed by atoms with Crippen molar-refractivity contribution in [3.05, 3.63) is 18.2 Å². The largest absolute Gasteiger partial charge is 0.493 e. The van der Waals surface area contributed by atoms with Crippen molar-refractivity contribution in [1.82, 2.24) is 0 Å². The molecular weight excluding hydrogens is 231 g/mol. The molecule has 0 spiro atoms. The summed E-state index contributed by atoms with van der Waals surface area (Å²) < 4.78 is 28.1. The highest BCUT2D eigenvalue weighted by Crippen LogP contribution is 2.22. The molecule has 0 aliphatic rings. The monoisotopic (exact) mass is 244 g/mol. The van der Waals surface area contributed by atoms with Crippen LogP contribution in [0, 0.1) is 0 Å². The normalized spacial score (nSPS) is 11.2. The first-order chi connectivity index (χ1) is 7.36. The summed E-state index contributed by atoms with van der Waals surface area (Å²) in [6.45, 7) is 2.07. The molecular formula is C9H13BO5S. The Morgan fingerprint density at radius 1 is 1.38 bits per heavy atom. The smallest absolute Gasteiger partial charge is 0.488 e. The zero-order chi connectivity index (χ0) is 12.3. The van der Waals surface area contributed by atoms with Gasteiger partial charge in [0.1, 0.15) is 10.6 Å². The van der Waals surface area contributed by atoms with Crippen LogP contribution in [0.25, 0.3) is 0 Å². The Morgan fingerprint density at radius 2 is 2.00 bits per heavy atom. The third kappa shape index (κ3) is 2.97. The van der Waals surface area contributed by atoms with Crippen LogP contribution in [0.4, 0.5) is 0 Å². The lowest BCUT2D eigenvalue weighted by atomic mass is 9.80. The Bertz CT molecular complexity index is 469. The van der Waals surface area contributed by atoms with E-state index in [9.17, 15) is 8.42 Å². The standard InChI is InChI=1S/C9H13BO5S/c1-3-15-8-5-4-7(10(11)12)6-9(8)16(2,13)14/h4-6,11-12H,3H2,1-2H3. The molecule has 1 aromatic carbocycles. The van der Waals surface area contributed by atoms with E-state index in [1.54, 1.807) is 6.92 Å². The van der Waals surface area contributed by atoms with Crippen LogP contribution < -0.4 is 10.2 Å². The summed E-state index contributed by atoms with van der Waals surface area (Å²) in [5, 5.41) is 17.9. The summed E-state index contributed by atoms with van der Waals surface area (Å²) >= 11 is 0. The number of hydrogen-bond donors (Lipinski definition) is 2. The van der Waals surface area contributed by atoms with Crippen molar-refractivity contribution in [1.29, 1.82) is 0 Å². The van der Waals surface area contributed by atoms with Gasteiger partial charge < -0.3 is 14.8 Å². The second-order valence-electron chi connectivity index (χ2n) is 3.29. The maximum Gasteiger partial charge on any atom is 0.488 e. The van der Waals surface area contributed by atoms with Crippen molar-refractivity contribution >= 4 is 22.4 Å². The van der Waals surface area contributed by atoms with Crippen molar-refractivity contribution in [3.8, 4) is 5.75 Å². The van der Waals surface area contributed by atoms with Gasteiger partial charge in [-0.1, -0.05) is 6.07 Å². The molecule has 0 heterocycles. The van der Waals surface area contributed by atoms with Gasteiger partial charge in [-0.25, -0.2) is 8.42 Å². The molecule has 7 heteroatoms. The quantitative estimate of drug-likeness (QED) is 0.675. The topological polar surface area (TPSA) is 83.8 Å². The Hall–Kier alpha value is -1.05. The Morgan fingerprint density at radius 3 is 2.44 bits per heavy atom. The van der Waals surface area contributed by atoms with Gasteiger partial charge in [0.25, 0.3) is 0 Å². The fourth-order valence-corrected chi connectivity index (χ4v) is 2.09. The van der Waals surface area contributed by atoms with E-state index in [0.717, 1.165) is 6.26 Å². The van der Waals surface area contributed by atoms with Gasteiger partial charge in [0.05, 0.1) is 6.61 Å². The minimum atomic E-state index is -3.46. The molecule has 0 aromatic heterocycles. The third-order valence-corrected chi connectivity index (χ3v) is 3.08. The van der Waals surface area contributed by atoms with Gasteiger partial charge in [-0.05, 0) is 24.5 Å². The molecule has 1 aromatic rings. The van der Waals surface area contributed by atoms with Gasteiger partial charge in [0.2, 0.25) is 0 Å². The first kappa shape index (κ1) is 13.0. The zero-order valence-electron chi connectivity index (χ0n) is 9.04. The summed E-state index contributed by atoms with van der Waals surface area (Å²) in [7, 11) is -5.16. The van der Waals surface area contributed by atoms with E-state index in [-0.39, 0.29) is 16.1 Å². The van der Waals surface area contributed by atoms with Crippen LogP contribution in [0.3, 0.4) is 0 Å². The van der Waals surface area contributed by atoms with Crippen molar-refractivity contribution in [3.63, 3.8) is 0 Å². The van der Waals surface area contributed by atoms with Crippen molar-refractivity contribution < 1.29 is 23.2 Å². The second kappa shape index (κ2) is 4.86. The highest BCUT2D eigenvalue weighted by atomic mass is 32.2. The lowest BCUT2D eigenvalue weighted by molar-refractivity contribution is 0.331. The predicted octanol–water partition coefficient (Wildman–Crippen LogP) is -0.831. The van der Waals surface area contributed by atoms with Crippen LogP contribution in [0.1, 0.15) is 6.92 Å². The minimum absolute atomic E-state index is 0.0417. The Labute approximate surface area is 94.7 Å². The lowest BCUT2D eigenvalue weighted by Crippen LogP contribution is -2.30. The fourth-order valence-electron chi connectivity index (χ4n) is 1.25. The van der Waals surface area contributed by atoms with Gasteiger partial charge >= 0.3 is 7.12 Å². The van der Waals surface area contributed by atoms with E-state index < -0.39 is 17.0 Å². The van der Waals surface area contributed by atoms with Crippen molar-refractivity contribution in [2.24, 2.45) is 0 Å². The predicted molar refractivity (Wildman–Crippen MR) is 60.5 cm³/mol. The lowest BCUT2D eigenvalue weighted by Gasteiger charge is -2.10. The number of sulfone groups is 1. The maximum absolute atomic E-state index is 11.5. The SMILES string of the molecule is CCOc1ccc(B(O)O)cc1S(C)(=O)=O. The first-order valence-electron chi connectivity index (χ1n) is 4.69. The molecule has 0 unspecified atom stereocenters. The van der Waals surface area contributed by atoms with E-state index in [1.165, 1.54) is 18.2 Å². The van der Waals surface area contributed by atoms with Gasteiger partial charge in [-0.15, -0.1) is 0 Å². The molecule has 0 bridgehead atoms. The van der Waals surface area contributed by atoms with E-state index in [0.29, 0.717) is 6.61 Å². The summed E-state index contributed by atoms with van der Waals surface area (Å²) in [5.74, 6) is 0.217. The highest BCUT2D eigenvalue weighted by molar-refractivity contribution is 7.90. The van der Waals surface area contributed by atoms with Gasteiger partial charge in [0.15, 0.2) is 9.84 Å². The molecule has 0 radical (unpaired) electrons. The molecule has 1 rings (SSSR count). The number of benzene rings is 1. The van der Waals surface area contributed by atoms with Gasteiger partial charge in [-0.3, -0.25) is 0 Å². The van der Waals surface area contributed by atoms with Gasteiger partial charge in [0, 0.05) is 6.26 Å². The third-order valence-electron chi connectivity index (χ3n) is 1.97. The van der Waals surface area contributed by atoms with Crippen LogP contribution >= 0.6 is 0 Å². The highest BCUT2D eigenvalue weighted by Gasteiger charge is 2.19. The van der Waals surface area contributed by atoms with Crippen LogP contribution in [-0.2, 0) is 9.84 Å². The molecule has 0 amide bonds. The van der Waals surface area contributed by atoms with Crippen LogP contribution in [-0.4, -0.2) is 38.4 Å². The molecule has 0 aliphatic heterocycles. The van der Waals surface area contributed by atoms with E-state index >= 15 is 0 Å². The molecule has 5 nitrogen and oxygen atoms in total. The van der Waals surface area contributed by atoms with E-state index in [2.05, 4.69) is 0 Å². The first-order valence-corrected chi connectivity index (χ1v) is 6.58. The molecule has 0 fully saturated rings. The number of ether oxygens (including phenoxy) is 1. The average molecular weight is 244 g/mol. The zero-order valence-corrected chi connectivity index (χ0v) is 9.86. The fraction of sp³-hybridized carbons (Fsp3) is 0.333. The molecule has 0 aliphatic carbocycles. The van der Waals surface area contributed by atoms with Crippen LogP contribution in [0.5, 0.6) is 5.75 Å². The molecule has 88 valence electrons. The van der Waals surface area contributed by atoms with Crippen LogP contribution in [0.2, 0.25) is 0 Å². The second-order valence-corrected chi connectivity index (χ2v) is 5.27. The summed E-state index contributed by atoms with van der Waals surface area (Å²) in [6.07, 6.45) is 1.04.